The first kappa shape index (κ1) is 13.3. The zero-order chi connectivity index (χ0) is 13.3. The first-order valence-corrected chi connectivity index (χ1v) is 6.70. The lowest BCUT2D eigenvalue weighted by molar-refractivity contribution is 0.0940. The van der Waals surface area contributed by atoms with E-state index in [1.165, 1.54) is 17.5 Å². The van der Waals surface area contributed by atoms with E-state index in [0.717, 1.165) is 18.7 Å². The van der Waals surface area contributed by atoms with Gasteiger partial charge in [0.1, 0.15) is 0 Å². The van der Waals surface area contributed by atoms with Crippen molar-refractivity contribution in [2.45, 2.75) is 34.1 Å². The van der Waals surface area contributed by atoms with Gasteiger partial charge < -0.3 is 0 Å². The van der Waals surface area contributed by atoms with Gasteiger partial charge in [0.15, 0.2) is 5.78 Å². The van der Waals surface area contributed by atoms with Crippen LogP contribution in [0.4, 0.5) is 0 Å². The fourth-order valence-electron chi connectivity index (χ4n) is 2.57. The molecule has 0 N–H and O–H groups in total. The Bertz CT molecular complexity index is 462. The highest BCUT2D eigenvalue weighted by molar-refractivity contribution is 5.97. The van der Waals surface area contributed by atoms with E-state index >= 15 is 0 Å². The van der Waals surface area contributed by atoms with Crippen molar-refractivity contribution in [2.24, 2.45) is 5.41 Å². The maximum atomic E-state index is 12.2. The van der Waals surface area contributed by atoms with Crippen molar-refractivity contribution in [1.82, 2.24) is 4.90 Å². The number of nitrogens with zero attached hydrogens (tertiary/aromatic N) is 1. The van der Waals surface area contributed by atoms with E-state index in [9.17, 15) is 4.79 Å². The van der Waals surface area contributed by atoms with Crippen molar-refractivity contribution >= 4 is 5.78 Å². The average Bonchev–Trinajstić information content (AvgIpc) is 2.62. The number of carbonyl (C=O) groups is 1. The quantitative estimate of drug-likeness (QED) is 0.762. The van der Waals surface area contributed by atoms with Gasteiger partial charge >= 0.3 is 0 Å². The Morgan fingerprint density at radius 2 is 2.00 bits per heavy atom. The van der Waals surface area contributed by atoms with Gasteiger partial charge in [0.25, 0.3) is 0 Å². The molecule has 0 amide bonds. The highest BCUT2D eigenvalue weighted by atomic mass is 16.1. The molecule has 1 aromatic rings. The molecule has 0 saturated carbocycles. The highest BCUT2D eigenvalue weighted by Gasteiger charge is 2.30. The maximum Gasteiger partial charge on any atom is 0.176 e. The van der Waals surface area contributed by atoms with Crippen LogP contribution in [0.1, 0.15) is 41.8 Å². The average molecular weight is 245 g/mol. The van der Waals surface area contributed by atoms with Gasteiger partial charge in [0.2, 0.25) is 0 Å². The van der Waals surface area contributed by atoms with Crippen LogP contribution in [0.2, 0.25) is 0 Å². The van der Waals surface area contributed by atoms with E-state index in [1.54, 1.807) is 0 Å². The lowest BCUT2D eigenvalue weighted by Gasteiger charge is -2.19. The van der Waals surface area contributed by atoms with Gasteiger partial charge in [-0.05, 0) is 49.4 Å². The van der Waals surface area contributed by atoms with Gasteiger partial charge in [-0.2, -0.15) is 0 Å². The molecule has 0 atom stereocenters. The smallest absolute Gasteiger partial charge is 0.176 e. The monoisotopic (exact) mass is 245 g/mol. The minimum Gasteiger partial charge on any atom is -0.295 e. The van der Waals surface area contributed by atoms with Crippen LogP contribution in [-0.2, 0) is 0 Å². The predicted molar refractivity (Wildman–Crippen MR) is 75.1 cm³/mol. The zero-order valence-electron chi connectivity index (χ0n) is 11.9. The lowest BCUT2D eigenvalue weighted by atomic mass is 9.93. The number of aryl methyl sites for hydroxylation is 2. The van der Waals surface area contributed by atoms with Gasteiger partial charge in [-0.1, -0.05) is 26.0 Å². The van der Waals surface area contributed by atoms with Crippen molar-refractivity contribution in [1.29, 1.82) is 0 Å². The molecule has 0 aromatic heterocycles. The van der Waals surface area contributed by atoms with Crippen LogP contribution in [0.3, 0.4) is 0 Å². The van der Waals surface area contributed by atoms with E-state index in [2.05, 4.69) is 32.6 Å². The minimum atomic E-state index is 0.246. The van der Waals surface area contributed by atoms with Gasteiger partial charge in [-0.3, -0.25) is 9.69 Å². The molecular weight excluding hydrogens is 222 g/mol. The summed E-state index contributed by atoms with van der Waals surface area (Å²) >= 11 is 0. The third-order valence-corrected chi connectivity index (χ3v) is 3.95. The van der Waals surface area contributed by atoms with E-state index in [-0.39, 0.29) is 5.78 Å². The molecule has 1 aliphatic rings. The first-order valence-electron chi connectivity index (χ1n) is 6.70. The molecule has 1 heterocycles. The predicted octanol–water partition coefficient (Wildman–Crippen LogP) is 3.22. The number of hydrogen-bond donors (Lipinski definition) is 0. The van der Waals surface area contributed by atoms with Crippen LogP contribution in [0.15, 0.2) is 18.2 Å². The lowest BCUT2D eigenvalue weighted by Crippen LogP contribution is -2.29. The number of carbonyl (C=O) groups excluding carboxylic acids is 1. The molecule has 0 bridgehead atoms. The molecule has 18 heavy (non-hydrogen) atoms. The van der Waals surface area contributed by atoms with Crippen LogP contribution in [0.5, 0.6) is 0 Å². The summed E-state index contributed by atoms with van der Waals surface area (Å²) in [6.07, 6.45) is 1.19. The summed E-state index contributed by atoms with van der Waals surface area (Å²) in [4.78, 5) is 14.5. The van der Waals surface area contributed by atoms with Crippen molar-refractivity contribution in [3.8, 4) is 0 Å². The van der Waals surface area contributed by atoms with Gasteiger partial charge in [0, 0.05) is 12.1 Å². The zero-order valence-corrected chi connectivity index (χ0v) is 11.9. The molecule has 98 valence electrons. The van der Waals surface area contributed by atoms with E-state index < -0.39 is 0 Å². The molecule has 2 rings (SSSR count). The first-order chi connectivity index (χ1) is 8.37. The van der Waals surface area contributed by atoms with Crippen LogP contribution in [0, 0.1) is 19.3 Å². The van der Waals surface area contributed by atoms with Crippen LogP contribution in [-0.4, -0.2) is 30.3 Å². The third-order valence-electron chi connectivity index (χ3n) is 3.95. The molecule has 1 aromatic carbocycles. The Hall–Kier alpha value is -1.15. The molecule has 1 saturated heterocycles. The second-order valence-electron chi connectivity index (χ2n) is 6.35. The van der Waals surface area contributed by atoms with Gasteiger partial charge in [0.05, 0.1) is 6.54 Å². The largest absolute Gasteiger partial charge is 0.295 e. The van der Waals surface area contributed by atoms with E-state index in [0.29, 0.717) is 12.0 Å². The topological polar surface area (TPSA) is 20.3 Å². The molecule has 2 nitrogen and oxygen atoms in total. The normalized spacial score (nSPS) is 19.1. The molecule has 0 aliphatic carbocycles. The summed E-state index contributed by atoms with van der Waals surface area (Å²) in [6, 6.07) is 6.00. The highest BCUT2D eigenvalue weighted by Crippen LogP contribution is 2.28. The number of ketones is 1. The van der Waals surface area contributed by atoms with Crippen molar-refractivity contribution in [3.63, 3.8) is 0 Å². The second kappa shape index (κ2) is 4.85. The standard InChI is InChI=1S/C16H23NO/c1-12-5-6-14(9-13(12)2)15(18)10-17-8-7-16(3,4)11-17/h5-6,9H,7-8,10-11H2,1-4H3. The Labute approximate surface area is 110 Å². The Morgan fingerprint density at radius 3 is 2.56 bits per heavy atom. The summed E-state index contributed by atoms with van der Waals surface area (Å²) in [5.41, 5.74) is 3.66. The van der Waals surface area contributed by atoms with Gasteiger partial charge in [-0.25, -0.2) is 0 Å². The number of likely N-dealkylation sites (tertiary alicyclic amines) is 1. The summed E-state index contributed by atoms with van der Waals surface area (Å²) in [5, 5.41) is 0. The van der Waals surface area contributed by atoms with Crippen molar-refractivity contribution < 1.29 is 4.79 Å². The summed E-state index contributed by atoms with van der Waals surface area (Å²) in [6.45, 7) is 11.3. The number of hydrogen-bond acceptors (Lipinski definition) is 2. The molecule has 2 heteroatoms. The Morgan fingerprint density at radius 1 is 1.28 bits per heavy atom. The second-order valence-corrected chi connectivity index (χ2v) is 6.35. The molecule has 1 fully saturated rings. The molecular formula is C16H23NO. The molecule has 0 spiro atoms. The fraction of sp³-hybridized carbons (Fsp3) is 0.562. The maximum absolute atomic E-state index is 12.2. The van der Waals surface area contributed by atoms with Crippen molar-refractivity contribution in [2.75, 3.05) is 19.6 Å². The molecule has 0 unspecified atom stereocenters. The Kier molecular flexibility index (Phi) is 3.58. The van der Waals surface area contributed by atoms with Crippen LogP contribution < -0.4 is 0 Å². The van der Waals surface area contributed by atoms with Crippen LogP contribution >= 0.6 is 0 Å². The van der Waals surface area contributed by atoms with Crippen LogP contribution in [0.25, 0.3) is 0 Å². The fourth-order valence-corrected chi connectivity index (χ4v) is 2.57. The number of benzene rings is 1. The summed E-state index contributed by atoms with van der Waals surface area (Å²) in [5.74, 6) is 0.246. The third kappa shape index (κ3) is 2.99. The SMILES string of the molecule is Cc1ccc(C(=O)CN2CCC(C)(C)C2)cc1C. The van der Waals surface area contributed by atoms with Crippen molar-refractivity contribution in [3.05, 3.63) is 34.9 Å². The van der Waals surface area contributed by atoms with E-state index in [1.807, 2.05) is 18.2 Å². The molecule has 1 aliphatic heterocycles. The van der Waals surface area contributed by atoms with Gasteiger partial charge in [-0.15, -0.1) is 0 Å². The summed E-state index contributed by atoms with van der Waals surface area (Å²) in [7, 11) is 0. The van der Waals surface area contributed by atoms with E-state index in [4.69, 9.17) is 0 Å². The Balaban J connectivity index is 2.02. The minimum absolute atomic E-state index is 0.246. The summed E-state index contributed by atoms with van der Waals surface area (Å²) < 4.78 is 0. The molecule has 0 radical (unpaired) electrons. The number of Topliss-reactive ketones (excluding diaryl/α,β-unsaturated/α-hetero) is 1. The number of rotatable bonds is 3.